The summed E-state index contributed by atoms with van der Waals surface area (Å²) < 4.78 is 48.7. The smallest absolute Gasteiger partial charge is 0.335 e. The Kier molecular flexibility index (Phi) is 39.1. The molecule has 3 heterocycles. The second kappa shape index (κ2) is 40.1. The van der Waals surface area contributed by atoms with Crippen LogP contribution in [0.25, 0.3) is 0 Å². The molecule has 3 amide bonds. The Morgan fingerprint density at radius 3 is 1.67 bits per heavy atom. The van der Waals surface area contributed by atoms with Crippen LogP contribution in [0.15, 0.2) is 0 Å². The molecule has 0 aromatic heterocycles. The number of carbonyl (C=O) groups is 4. The monoisotopic (exact) mass is 1040 g/mol. The van der Waals surface area contributed by atoms with E-state index in [1.54, 1.807) is 8.93 Å². The Hall–Kier alpha value is -1.69. The molecule has 0 aromatic carbocycles. The molecule has 11 atom stereocenters. The highest BCUT2D eigenvalue weighted by molar-refractivity contribution is 8.46. The Balaban J connectivity index is 0.00000110. The molecule has 11 unspecified atom stereocenters. The average molecular weight is 1040 g/mol. The number of aliphatic hydroxyl groups excluding tert-OH is 3. The third-order valence-corrected chi connectivity index (χ3v) is 11.9. The predicted molar refractivity (Wildman–Crippen MR) is 237 cm³/mol. The molecule has 3 aliphatic rings. The number of aliphatic hydroxyl groups is 3. The van der Waals surface area contributed by atoms with Crippen molar-refractivity contribution >= 4 is 60.3 Å². The maximum atomic E-state index is 12.2. The van der Waals surface area contributed by atoms with Crippen LogP contribution in [0, 0.1) is 0 Å². The van der Waals surface area contributed by atoms with Gasteiger partial charge in [-0.2, -0.15) is 0 Å². The van der Waals surface area contributed by atoms with Gasteiger partial charge in [-0.25, -0.2) is 9.68 Å². The molecular formula is C35H71N6O21P3S. The quantitative estimate of drug-likeness (QED) is 0.0119. The Morgan fingerprint density at radius 2 is 1.17 bits per heavy atom. The zero-order chi connectivity index (χ0) is 49.8. The molecule has 9 N–H and O–H groups in total. The SMILES string of the molecule is CCC1OC(C(=O)NCCNC)CC1O.CCC1OC(C(=O)OC)CC1O.CCNS.CNCCCCCC(=O)NCCNC(=O)C1CC(O)C(COOOOOOOOP(=O)(P)P=O)O1. The van der Waals surface area contributed by atoms with Crippen molar-refractivity contribution in [2.24, 2.45) is 0 Å². The van der Waals surface area contributed by atoms with Crippen LogP contribution in [-0.4, -0.2) is 161 Å². The fourth-order valence-corrected chi connectivity index (χ4v) is 6.11. The zero-order valence-electron chi connectivity index (χ0n) is 38.1. The number of likely N-dealkylation sites (N-methyl/N-ethyl adjacent to an activating group) is 1. The number of methoxy groups -OCH3 is 1. The van der Waals surface area contributed by atoms with Crippen LogP contribution in [0.3, 0.4) is 0 Å². The van der Waals surface area contributed by atoms with Crippen LogP contribution in [-0.2, 0) is 87.0 Å². The van der Waals surface area contributed by atoms with Crippen molar-refractivity contribution in [2.45, 2.75) is 133 Å². The molecule has 27 nitrogen and oxygen atoms in total. The molecule has 3 aliphatic heterocycles. The van der Waals surface area contributed by atoms with E-state index in [1.165, 1.54) is 7.11 Å². The maximum Gasteiger partial charge on any atom is 0.335 e. The van der Waals surface area contributed by atoms with E-state index in [0.29, 0.717) is 32.2 Å². The molecule has 3 fully saturated rings. The Bertz CT molecular complexity index is 1380. The number of unbranched alkanes of at least 4 members (excludes halogenated alkanes) is 2. The van der Waals surface area contributed by atoms with Crippen molar-refractivity contribution in [3.63, 3.8) is 0 Å². The lowest BCUT2D eigenvalue weighted by molar-refractivity contribution is -0.808. The molecule has 388 valence electrons. The predicted octanol–water partition coefficient (Wildman–Crippen LogP) is 0.109. The van der Waals surface area contributed by atoms with Gasteiger partial charge in [0.15, 0.2) is 6.10 Å². The molecule has 3 rings (SSSR count). The molecule has 0 radical (unpaired) electrons. The van der Waals surface area contributed by atoms with Gasteiger partial charge in [-0.1, -0.05) is 40.0 Å². The molecule has 0 bridgehead atoms. The fraction of sp³-hybridized carbons (Fsp3) is 0.886. The lowest BCUT2D eigenvalue weighted by Gasteiger charge is -2.14. The number of amides is 3. The molecule has 31 heteroatoms. The van der Waals surface area contributed by atoms with Crippen molar-refractivity contribution in [3.05, 3.63) is 0 Å². The molecular weight excluding hydrogens is 965 g/mol. The molecule has 0 aliphatic carbocycles. The summed E-state index contributed by atoms with van der Waals surface area (Å²) in [6.07, 6.45) is 0.0838. The first-order chi connectivity index (χ1) is 31.6. The highest BCUT2D eigenvalue weighted by atomic mass is 32.4. The van der Waals surface area contributed by atoms with Crippen molar-refractivity contribution in [3.8, 4) is 0 Å². The van der Waals surface area contributed by atoms with Crippen LogP contribution in [0.2, 0.25) is 0 Å². The first-order valence-electron chi connectivity index (χ1n) is 21.2. The van der Waals surface area contributed by atoms with Gasteiger partial charge < -0.3 is 60.9 Å². The lowest BCUT2D eigenvalue weighted by atomic mass is 10.1. The molecule has 0 aromatic rings. The number of rotatable bonds is 29. The van der Waals surface area contributed by atoms with Gasteiger partial charge >= 0.3 is 12.7 Å². The largest absolute Gasteiger partial charge is 0.467 e. The van der Waals surface area contributed by atoms with E-state index in [9.17, 15) is 43.6 Å². The number of carbonyl (C=O) groups excluding carboxylic acids is 4. The topological polar surface area (TPSA) is 346 Å². The van der Waals surface area contributed by atoms with Gasteiger partial charge in [-0.15, -0.1) is 4.67 Å². The van der Waals surface area contributed by atoms with Gasteiger partial charge in [0.1, 0.15) is 24.9 Å². The van der Waals surface area contributed by atoms with Crippen molar-refractivity contribution in [2.75, 3.05) is 67.1 Å². The molecule has 3 saturated heterocycles. The van der Waals surface area contributed by atoms with Gasteiger partial charge in [-0.3, -0.25) is 28.2 Å². The number of ether oxygens (including phenoxy) is 4. The second-order valence-electron chi connectivity index (χ2n) is 14.1. The summed E-state index contributed by atoms with van der Waals surface area (Å²) in [7, 11) is 5.81. The second-order valence-corrected chi connectivity index (χ2v) is 21.4. The summed E-state index contributed by atoms with van der Waals surface area (Å²) in [5.74, 6) is -1.06. The Morgan fingerprint density at radius 1 is 0.697 bits per heavy atom. The summed E-state index contributed by atoms with van der Waals surface area (Å²) in [4.78, 5) is 51.0. The standard InChI is InChI=1S/C15H30N3O14P3.C10H20N2O3.C8H14O4.C2H7NS/c1-16-6-4-2-3-5-14(20)17-7-8-18-15(21)12-9-11(19)13(25-12)10-24-26-27-28-29-30-31-32-35(23,33)34-22;1-3-8-7(13)6-9(15-8)10(14)12-5-4-11-2;1-3-6-5(9)4-7(12-6)8(10)11-2;1-2-3-4/h11-13,16,19H,2-10,33H2,1H3,(H,17,20)(H,18,21);7-9,11,13H,3-6H2,1-2H3,(H,12,14);5-7,9H,3-4H2,1-2H3;3-4H,2H2,1H3. The third kappa shape index (κ3) is 30.0. The van der Waals surface area contributed by atoms with E-state index >= 15 is 0 Å². The normalized spacial score (nSPS) is 25.2. The summed E-state index contributed by atoms with van der Waals surface area (Å²) in [6.45, 7) is 5.52. The van der Waals surface area contributed by atoms with Gasteiger partial charge in [0.25, 0.3) is 8.15 Å². The summed E-state index contributed by atoms with van der Waals surface area (Å²) >= 11 is 3.67. The fourth-order valence-electron chi connectivity index (χ4n) is 5.70. The van der Waals surface area contributed by atoms with Crippen LogP contribution >= 0.6 is 36.6 Å². The number of nitrogens with one attached hydrogen (secondary N) is 6. The van der Waals surface area contributed by atoms with E-state index in [1.807, 2.05) is 34.9 Å². The number of thiol groups is 1. The van der Waals surface area contributed by atoms with Crippen molar-refractivity contribution in [1.29, 1.82) is 0 Å². The van der Waals surface area contributed by atoms with Gasteiger partial charge in [0.05, 0.1) is 37.6 Å². The minimum atomic E-state index is -3.62. The summed E-state index contributed by atoms with van der Waals surface area (Å²) in [5, 5.41) is 66.0. The number of esters is 1. The van der Waals surface area contributed by atoms with Crippen LogP contribution in [0.1, 0.15) is 78.6 Å². The first kappa shape index (κ1) is 64.3. The van der Waals surface area contributed by atoms with E-state index < -0.39 is 69.5 Å². The highest BCUT2D eigenvalue weighted by Gasteiger charge is 2.39. The van der Waals surface area contributed by atoms with Crippen LogP contribution in [0.4, 0.5) is 0 Å². The van der Waals surface area contributed by atoms with Gasteiger partial charge in [-0.05, 0) is 85.5 Å². The van der Waals surface area contributed by atoms with Crippen molar-refractivity contribution < 1.29 is 102 Å². The van der Waals surface area contributed by atoms with Crippen molar-refractivity contribution in [1.82, 2.24) is 31.3 Å². The minimum absolute atomic E-state index is 0.0207. The Labute approximate surface area is 393 Å². The van der Waals surface area contributed by atoms with Gasteiger partial charge in [0.2, 0.25) is 17.7 Å². The zero-order valence-corrected chi connectivity index (χ0v) is 42.0. The summed E-state index contributed by atoms with van der Waals surface area (Å²) in [6, 6.07) is 0. The molecule has 0 saturated carbocycles. The number of hydrogen-bond acceptors (Lipinski definition) is 25. The minimum Gasteiger partial charge on any atom is -0.467 e. The van der Waals surface area contributed by atoms with E-state index in [-0.39, 0.29) is 50.1 Å². The van der Waals surface area contributed by atoms with E-state index in [2.05, 4.69) is 88.6 Å². The summed E-state index contributed by atoms with van der Waals surface area (Å²) in [5.41, 5.74) is 0. The van der Waals surface area contributed by atoms with E-state index in [4.69, 9.17) is 14.2 Å². The number of hydrogen-bond donors (Lipinski definition) is 10. The average Bonchev–Trinajstić information content (AvgIpc) is 4.02. The van der Waals surface area contributed by atoms with Gasteiger partial charge in [0, 0.05) is 58.4 Å². The highest BCUT2D eigenvalue weighted by Crippen LogP contribution is 2.66. The third-order valence-electron chi connectivity index (χ3n) is 9.10. The lowest BCUT2D eigenvalue weighted by Crippen LogP contribution is -2.40. The van der Waals surface area contributed by atoms with Crippen LogP contribution in [0.5, 0.6) is 0 Å². The molecule has 0 spiro atoms. The first-order valence-corrected chi connectivity index (χ1v) is 26.4. The van der Waals surface area contributed by atoms with Crippen LogP contribution < -0.4 is 31.3 Å². The molecule has 66 heavy (non-hydrogen) atoms. The maximum absolute atomic E-state index is 12.2. The van der Waals surface area contributed by atoms with E-state index in [0.717, 1.165) is 45.3 Å².